The molecule has 0 amide bonds. The molecule has 0 atom stereocenters. The third-order valence-corrected chi connectivity index (χ3v) is 5.06. The van der Waals surface area contributed by atoms with Gasteiger partial charge in [-0.1, -0.05) is 47.0 Å². The van der Waals surface area contributed by atoms with Gasteiger partial charge in [-0.15, -0.1) is 0 Å². The molecule has 0 radical (unpaired) electrons. The van der Waals surface area contributed by atoms with Crippen molar-refractivity contribution in [1.82, 2.24) is 10.2 Å². The molecule has 0 aliphatic heterocycles. The van der Waals surface area contributed by atoms with Crippen LogP contribution < -0.4 is 5.32 Å². The van der Waals surface area contributed by atoms with E-state index in [9.17, 15) is 0 Å². The minimum absolute atomic E-state index is 0.532. The molecule has 0 aromatic heterocycles. The summed E-state index contributed by atoms with van der Waals surface area (Å²) in [6.07, 6.45) is 9.73. The SMILES string of the molecule is CCC(CC)N(CC(C)C)CC1(CNC)CCCCC1. The van der Waals surface area contributed by atoms with Gasteiger partial charge in [-0.3, -0.25) is 4.90 Å². The number of hydrogen-bond donors (Lipinski definition) is 1. The highest BCUT2D eigenvalue weighted by atomic mass is 15.2. The molecular formula is C18H38N2. The van der Waals surface area contributed by atoms with Crippen LogP contribution >= 0.6 is 0 Å². The lowest BCUT2D eigenvalue weighted by Gasteiger charge is -2.44. The largest absolute Gasteiger partial charge is 0.319 e. The third kappa shape index (κ3) is 5.37. The van der Waals surface area contributed by atoms with Gasteiger partial charge < -0.3 is 5.32 Å². The van der Waals surface area contributed by atoms with Gasteiger partial charge in [0.1, 0.15) is 0 Å². The van der Waals surface area contributed by atoms with Crippen LogP contribution in [0.1, 0.15) is 72.6 Å². The summed E-state index contributed by atoms with van der Waals surface area (Å²) in [5.74, 6) is 0.769. The summed E-state index contributed by atoms with van der Waals surface area (Å²) >= 11 is 0. The van der Waals surface area contributed by atoms with Gasteiger partial charge in [-0.05, 0) is 44.1 Å². The number of hydrogen-bond acceptors (Lipinski definition) is 2. The van der Waals surface area contributed by atoms with E-state index < -0.39 is 0 Å². The lowest BCUT2D eigenvalue weighted by molar-refractivity contribution is 0.0639. The lowest BCUT2D eigenvalue weighted by atomic mass is 9.73. The smallest absolute Gasteiger partial charge is 0.00903 e. The van der Waals surface area contributed by atoms with E-state index in [2.05, 4.69) is 45.0 Å². The molecule has 0 bridgehead atoms. The molecule has 1 saturated carbocycles. The highest BCUT2D eigenvalue weighted by Crippen LogP contribution is 2.37. The summed E-state index contributed by atoms with van der Waals surface area (Å²) in [6, 6.07) is 0.771. The van der Waals surface area contributed by atoms with Crippen molar-refractivity contribution in [2.75, 3.05) is 26.7 Å². The van der Waals surface area contributed by atoms with E-state index in [1.165, 1.54) is 64.6 Å². The quantitative estimate of drug-likeness (QED) is 0.678. The molecule has 0 aromatic carbocycles. The van der Waals surface area contributed by atoms with Crippen molar-refractivity contribution in [3.05, 3.63) is 0 Å². The van der Waals surface area contributed by atoms with Crippen molar-refractivity contribution < 1.29 is 0 Å². The Morgan fingerprint density at radius 1 is 1.05 bits per heavy atom. The Morgan fingerprint density at radius 2 is 1.65 bits per heavy atom. The van der Waals surface area contributed by atoms with E-state index in [4.69, 9.17) is 0 Å². The Morgan fingerprint density at radius 3 is 2.10 bits per heavy atom. The molecule has 0 spiro atoms. The molecule has 1 aliphatic rings. The monoisotopic (exact) mass is 282 g/mol. The second-order valence-corrected chi connectivity index (χ2v) is 7.38. The molecule has 20 heavy (non-hydrogen) atoms. The summed E-state index contributed by atoms with van der Waals surface area (Å²) in [5, 5.41) is 3.49. The zero-order valence-corrected chi connectivity index (χ0v) is 14.7. The average Bonchev–Trinajstić information content (AvgIpc) is 2.40. The Balaban J connectivity index is 2.77. The van der Waals surface area contributed by atoms with Gasteiger partial charge in [0.2, 0.25) is 0 Å². The Labute approximate surface area is 127 Å². The van der Waals surface area contributed by atoms with Crippen LogP contribution in [0.5, 0.6) is 0 Å². The predicted molar refractivity (Wildman–Crippen MR) is 90.2 cm³/mol. The van der Waals surface area contributed by atoms with E-state index in [1.54, 1.807) is 0 Å². The summed E-state index contributed by atoms with van der Waals surface area (Å²) in [7, 11) is 2.13. The molecule has 0 heterocycles. The normalized spacial score (nSPS) is 19.2. The van der Waals surface area contributed by atoms with Crippen LogP contribution in [-0.4, -0.2) is 37.6 Å². The summed E-state index contributed by atoms with van der Waals surface area (Å²) in [5.41, 5.74) is 0.532. The first-order valence-corrected chi connectivity index (χ1v) is 8.95. The minimum atomic E-state index is 0.532. The van der Waals surface area contributed by atoms with Crippen molar-refractivity contribution in [1.29, 1.82) is 0 Å². The fraction of sp³-hybridized carbons (Fsp3) is 1.00. The average molecular weight is 283 g/mol. The summed E-state index contributed by atoms with van der Waals surface area (Å²) in [6.45, 7) is 13.2. The zero-order valence-electron chi connectivity index (χ0n) is 14.7. The van der Waals surface area contributed by atoms with Gasteiger partial charge in [0.25, 0.3) is 0 Å². The highest BCUT2D eigenvalue weighted by Gasteiger charge is 2.34. The van der Waals surface area contributed by atoms with Crippen molar-refractivity contribution in [2.45, 2.75) is 78.7 Å². The molecule has 1 rings (SSSR count). The fourth-order valence-electron chi connectivity index (χ4n) is 4.12. The van der Waals surface area contributed by atoms with Crippen LogP contribution in [0.2, 0.25) is 0 Å². The standard InChI is InChI=1S/C18H38N2/c1-6-17(7-2)20(13-16(3)4)15-18(14-19-5)11-9-8-10-12-18/h16-17,19H,6-15H2,1-5H3. The molecule has 120 valence electrons. The molecule has 0 aromatic rings. The van der Waals surface area contributed by atoms with E-state index >= 15 is 0 Å². The van der Waals surface area contributed by atoms with Crippen LogP contribution in [0.15, 0.2) is 0 Å². The molecule has 1 aliphatic carbocycles. The van der Waals surface area contributed by atoms with Gasteiger partial charge in [0, 0.05) is 25.7 Å². The van der Waals surface area contributed by atoms with Crippen LogP contribution in [-0.2, 0) is 0 Å². The zero-order chi connectivity index (χ0) is 15.0. The number of nitrogens with zero attached hydrogens (tertiary/aromatic N) is 1. The maximum atomic E-state index is 3.49. The summed E-state index contributed by atoms with van der Waals surface area (Å²) < 4.78 is 0. The Kier molecular flexibility index (Phi) is 8.13. The van der Waals surface area contributed by atoms with Crippen molar-refractivity contribution in [3.8, 4) is 0 Å². The molecule has 1 fully saturated rings. The second-order valence-electron chi connectivity index (χ2n) is 7.38. The predicted octanol–water partition coefficient (Wildman–Crippen LogP) is 4.30. The van der Waals surface area contributed by atoms with Crippen LogP contribution in [0.4, 0.5) is 0 Å². The number of nitrogens with one attached hydrogen (secondary N) is 1. The first kappa shape index (κ1) is 18.0. The van der Waals surface area contributed by atoms with Crippen LogP contribution in [0.25, 0.3) is 0 Å². The van der Waals surface area contributed by atoms with Gasteiger partial charge >= 0.3 is 0 Å². The minimum Gasteiger partial charge on any atom is -0.319 e. The van der Waals surface area contributed by atoms with E-state index in [0.717, 1.165) is 12.0 Å². The molecule has 2 nitrogen and oxygen atoms in total. The maximum absolute atomic E-state index is 3.49. The first-order chi connectivity index (χ1) is 9.56. The molecule has 1 N–H and O–H groups in total. The third-order valence-electron chi connectivity index (χ3n) is 5.06. The van der Waals surface area contributed by atoms with Crippen molar-refractivity contribution >= 4 is 0 Å². The van der Waals surface area contributed by atoms with Gasteiger partial charge in [0.05, 0.1) is 0 Å². The highest BCUT2D eigenvalue weighted by molar-refractivity contribution is 4.89. The summed E-state index contributed by atoms with van der Waals surface area (Å²) in [4.78, 5) is 2.81. The van der Waals surface area contributed by atoms with E-state index in [0.29, 0.717) is 5.41 Å². The van der Waals surface area contributed by atoms with E-state index in [-0.39, 0.29) is 0 Å². The van der Waals surface area contributed by atoms with Gasteiger partial charge in [0.15, 0.2) is 0 Å². The first-order valence-electron chi connectivity index (χ1n) is 8.95. The van der Waals surface area contributed by atoms with Crippen molar-refractivity contribution in [2.24, 2.45) is 11.3 Å². The lowest BCUT2D eigenvalue weighted by Crippen LogP contribution is -2.49. The maximum Gasteiger partial charge on any atom is 0.00903 e. The topological polar surface area (TPSA) is 15.3 Å². The Bertz CT molecular complexity index is 234. The molecule has 0 saturated heterocycles. The van der Waals surface area contributed by atoms with Gasteiger partial charge in [-0.2, -0.15) is 0 Å². The molecular weight excluding hydrogens is 244 g/mol. The van der Waals surface area contributed by atoms with Crippen molar-refractivity contribution in [3.63, 3.8) is 0 Å². The molecule has 0 unspecified atom stereocenters. The fourth-order valence-corrected chi connectivity index (χ4v) is 4.12. The molecule has 2 heteroatoms. The number of rotatable bonds is 9. The van der Waals surface area contributed by atoms with E-state index in [1.807, 2.05) is 0 Å². The Hall–Kier alpha value is -0.0800. The second kappa shape index (κ2) is 9.04. The van der Waals surface area contributed by atoms with Gasteiger partial charge in [-0.25, -0.2) is 0 Å². The van der Waals surface area contributed by atoms with Crippen LogP contribution in [0, 0.1) is 11.3 Å². The van der Waals surface area contributed by atoms with Crippen LogP contribution in [0.3, 0.4) is 0 Å².